The Labute approximate surface area is 380 Å². The number of ketones is 1. The molecule has 3 aromatic heterocycles. The Morgan fingerprint density at radius 1 is 0.823 bits per heavy atom. The summed E-state index contributed by atoms with van der Waals surface area (Å²) in [4.78, 5) is 22.1. The van der Waals surface area contributed by atoms with Gasteiger partial charge in [-0.25, -0.2) is 13.4 Å². The number of Topliss-reactive ketones (excluding diaryl/α,β-unsaturated/α-hetero) is 1. The number of carbonyl (C=O) groups excluding carboxylic acids is 1. The van der Waals surface area contributed by atoms with E-state index in [-0.39, 0.29) is 42.5 Å². The van der Waals surface area contributed by atoms with Crippen molar-refractivity contribution in [3.05, 3.63) is 119 Å². The van der Waals surface area contributed by atoms with Crippen LogP contribution in [0.4, 0.5) is 31.5 Å². The largest absolute Gasteiger partial charge is 0.497 e. The molecule has 0 radical (unpaired) electrons. The van der Waals surface area contributed by atoms with Crippen molar-refractivity contribution in [2.75, 3.05) is 38.7 Å². The average Bonchev–Trinajstić information content (AvgIpc) is 3.65. The lowest BCUT2D eigenvalue weighted by molar-refractivity contribution is -0.142. The molecule has 2 unspecified atom stereocenters. The molecule has 0 bridgehead atoms. The lowest BCUT2D eigenvalue weighted by atomic mass is 10.1. The minimum atomic E-state index is -4.50. The van der Waals surface area contributed by atoms with Gasteiger partial charge >= 0.3 is 12.4 Å². The van der Waals surface area contributed by atoms with Gasteiger partial charge in [0.2, 0.25) is 5.13 Å². The van der Waals surface area contributed by atoms with E-state index in [2.05, 4.69) is 51.8 Å². The van der Waals surface area contributed by atoms with E-state index in [0.29, 0.717) is 32.8 Å². The second-order valence-corrected chi connectivity index (χ2v) is 18.8. The van der Waals surface area contributed by atoms with Gasteiger partial charge in [-0.05, 0) is 90.9 Å². The smallest absolute Gasteiger partial charge is 0.433 e. The van der Waals surface area contributed by atoms with Crippen LogP contribution >= 0.6 is 53.0 Å². The third kappa shape index (κ3) is 20.3. The summed E-state index contributed by atoms with van der Waals surface area (Å²) in [5.41, 5.74) is 6.20. The molecule has 0 aliphatic heterocycles. The van der Waals surface area contributed by atoms with E-state index in [0.717, 1.165) is 41.6 Å². The van der Waals surface area contributed by atoms with Crippen LogP contribution < -0.4 is 15.2 Å². The minimum Gasteiger partial charge on any atom is -0.497 e. The third-order valence-corrected chi connectivity index (χ3v) is 11.5. The maximum absolute atomic E-state index is 12.8. The molecule has 5 rings (SSSR count). The van der Waals surface area contributed by atoms with E-state index in [1.54, 1.807) is 50.8 Å². The Bertz CT molecular complexity index is 2420. The number of benzene rings is 2. The fourth-order valence-electron chi connectivity index (χ4n) is 4.45. The van der Waals surface area contributed by atoms with Crippen molar-refractivity contribution in [2.24, 2.45) is 14.5 Å². The van der Waals surface area contributed by atoms with Crippen molar-refractivity contribution in [2.45, 2.75) is 30.8 Å². The maximum atomic E-state index is 12.8. The van der Waals surface area contributed by atoms with Gasteiger partial charge in [0.1, 0.15) is 22.9 Å². The van der Waals surface area contributed by atoms with Gasteiger partial charge in [-0.1, -0.05) is 28.1 Å². The van der Waals surface area contributed by atoms with Gasteiger partial charge in [-0.15, -0.1) is 11.3 Å². The van der Waals surface area contributed by atoms with E-state index in [4.69, 9.17) is 20.3 Å². The van der Waals surface area contributed by atoms with E-state index in [1.165, 1.54) is 36.0 Å². The standard InChI is InChI=1S/C18H16F3N3O2S2.C9H9BrO2.C9H10F3N3OS2.C2H6O.H2S/c1-26-14-6-4-13(5-7-14)15-10-27-17(23-15)24-28(2,25)11-12-3-8-16(22-9-12)18(19,20)21;1-12-8-4-2-7(3-5-8)9(11)6-10;1-18(16,15-8(13)17)5-6-2-3-7(14-4-6)9(10,11)12;1-2-3;/h3-10H,11H2,1-2H3;2-5H,6H2,1H3;2-4H,5H2,1H3,(H2,13,17);3H,2H2,1H3;1H2. The molecule has 0 fully saturated rings. The monoisotopic (exact) mass is 1030 g/mol. The molecule has 2 aromatic carbocycles. The Morgan fingerprint density at radius 3 is 1.63 bits per heavy atom. The molecular formula is C38H43BrF6N6O6S5. The van der Waals surface area contributed by atoms with Crippen LogP contribution in [0, 0.1) is 0 Å². The summed E-state index contributed by atoms with van der Waals surface area (Å²) in [6.45, 7) is 1.93. The van der Waals surface area contributed by atoms with Gasteiger partial charge in [-0.2, -0.15) is 48.6 Å². The predicted molar refractivity (Wildman–Crippen MR) is 244 cm³/mol. The molecule has 0 aliphatic carbocycles. The van der Waals surface area contributed by atoms with Crippen molar-refractivity contribution < 1.29 is 54.1 Å². The first-order chi connectivity index (χ1) is 28.4. The highest BCUT2D eigenvalue weighted by Crippen LogP contribution is 2.31. The third-order valence-electron chi connectivity index (χ3n) is 7.06. The number of rotatable bonds is 10. The molecule has 0 saturated carbocycles. The number of aromatic nitrogens is 3. The summed E-state index contributed by atoms with van der Waals surface area (Å²) in [6.07, 6.45) is -4.14. The molecule has 3 heterocycles. The molecule has 0 spiro atoms. The van der Waals surface area contributed by atoms with Gasteiger partial charge in [0.25, 0.3) is 0 Å². The van der Waals surface area contributed by atoms with Crippen LogP contribution in [0.25, 0.3) is 11.3 Å². The summed E-state index contributed by atoms with van der Waals surface area (Å²) < 4.78 is 117. The van der Waals surface area contributed by atoms with Crippen LogP contribution in [-0.4, -0.2) is 78.0 Å². The molecule has 62 heavy (non-hydrogen) atoms. The number of hydrogen-bond acceptors (Lipinski definition) is 12. The normalized spacial score (nSPS) is 12.7. The number of carbonyl (C=O) groups is 1. The van der Waals surface area contributed by atoms with Crippen LogP contribution in [0.15, 0.2) is 99.3 Å². The zero-order valence-corrected chi connectivity index (χ0v) is 39.4. The molecule has 0 saturated heterocycles. The van der Waals surface area contributed by atoms with Crippen LogP contribution in [0.5, 0.6) is 11.5 Å². The lowest BCUT2D eigenvalue weighted by Gasteiger charge is -2.07. The predicted octanol–water partition coefficient (Wildman–Crippen LogP) is 9.49. The number of pyridine rings is 2. The van der Waals surface area contributed by atoms with Crippen LogP contribution in [0.3, 0.4) is 0 Å². The van der Waals surface area contributed by atoms with E-state index < -0.39 is 43.2 Å². The first-order valence-corrected chi connectivity index (χ1v) is 23.7. The van der Waals surface area contributed by atoms with Crippen molar-refractivity contribution in [3.63, 3.8) is 0 Å². The molecule has 12 nitrogen and oxygen atoms in total. The van der Waals surface area contributed by atoms with Crippen LogP contribution in [0.2, 0.25) is 0 Å². The fraction of sp³-hybridized carbons (Fsp3) is 0.289. The van der Waals surface area contributed by atoms with Gasteiger partial charge in [0.05, 0.1) is 56.2 Å². The number of methoxy groups -OCH3 is 2. The molecule has 2 atom stereocenters. The van der Waals surface area contributed by atoms with Gasteiger partial charge in [0, 0.05) is 48.0 Å². The maximum Gasteiger partial charge on any atom is 0.433 e. The number of hydrogen-bond donors (Lipinski definition) is 2. The number of nitrogens with zero attached hydrogens (tertiary/aromatic N) is 5. The highest BCUT2D eigenvalue weighted by atomic mass is 79.9. The van der Waals surface area contributed by atoms with Crippen molar-refractivity contribution in [3.8, 4) is 22.8 Å². The highest BCUT2D eigenvalue weighted by Gasteiger charge is 2.33. The molecule has 3 N–H and O–H groups in total. The van der Waals surface area contributed by atoms with Gasteiger partial charge in [-0.3, -0.25) is 14.8 Å². The molecule has 0 aliphatic rings. The van der Waals surface area contributed by atoms with E-state index >= 15 is 0 Å². The molecule has 24 heteroatoms. The number of thiocarbonyl (C=S) groups is 1. The second kappa shape index (κ2) is 25.8. The number of aliphatic hydroxyl groups excluding tert-OH is 1. The van der Waals surface area contributed by atoms with Gasteiger partial charge < -0.3 is 20.3 Å². The molecule has 340 valence electrons. The number of nitrogens with two attached hydrogens (primary N) is 1. The topological polar surface area (TPSA) is 179 Å². The van der Waals surface area contributed by atoms with Crippen molar-refractivity contribution in [1.82, 2.24) is 15.0 Å². The van der Waals surface area contributed by atoms with Gasteiger partial charge in [0.15, 0.2) is 10.9 Å². The number of alkyl halides is 7. The number of ether oxygens (including phenoxy) is 2. The number of thiazole rings is 1. The fourth-order valence-corrected chi connectivity index (χ4v) is 8.91. The SMILES string of the molecule is CCO.COc1ccc(-c2csc(N=S(C)(=O)Cc3ccc(C(F)(F)F)nc3)n2)cc1.COc1ccc(C(=O)CBr)cc1.CS(=O)(Cc1ccc(C(F)(F)F)nc1)=NC(N)=S.S. The second-order valence-electron chi connectivity index (χ2n) is 12.2. The summed E-state index contributed by atoms with van der Waals surface area (Å²) in [6, 6.07) is 18.5. The van der Waals surface area contributed by atoms with Crippen molar-refractivity contribution in [1.29, 1.82) is 0 Å². The molecular weight excluding hydrogens is 991 g/mol. The quantitative estimate of drug-likeness (QED) is 0.0589. The zero-order valence-electron chi connectivity index (χ0n) is 33.6. The summed E-state index contributed by atoms with van der Waals surface area (Å²) in [5.74, 6) is 1.50. The first-order valence-electron chi connectivity index (χ1n) is 17.1. The molecule has 0 amide bonds. The summed E-state index contributed by atoms with van der Waals surface area (Å²) in [5, 5.41) is 9.83. The minimum absolute atomic E-state index is 0. The van der Waals surface area contributed by atoms with Crippen molar-refractivity contribution >= 4 is 88.5 Å². The molecule has 5 aromatic rings. The average molecular weight is 1030 g/mol. The van der Waals surface area contributed by atoms with Crippen LogP contribution in [0.1, 0.15) is 39.8 Å². The Hall–Kier alpha value is -4.20. The summed E-state index contributed by atoms with van der Waals surface area (Å²) >= 11 is 8.85. The number of halogens is 7. The van der Waals surface area contributed by atoms with Crippen LogP contribution in [-0.2, 0) is 43.3 Å². The van der Waals surface area contributed by atoms with E-state index in [1.807, 2.05) is 24.3 Å². The Kier molecular flexibility index (Phi) is 23.2. The lowest BCUT2D eigenvalue weighted by Crippen LogP contribution is -2.11. The zero-order chi connectivity index (χ0) is 46.0. The Morgan fingerprint density at radius 2 is 1.26 bits per heavy atom. The Balaban J connectivity index is 0.000000485. The first kappa shape index (κ1) is 55.8. The highest BCUT2D eigenvalue weighted by molar-refractivity contribution is 9.09. The van der Waals surface area contributed by atoms with E-state index in [9.17, 15) is 39.6 Å². The number of aliphatic hydroxyl groups is 1. The summed E-state index contributed by atoms with van der Waals surface area (Å²) in [7, 11) is -2.25.